The molecule has 0 fully saturated rings. The van der Waals surface area contributed by atoms with E-state index in [0.29, 0.717) is 12.0 Å². The topological polar surface area (TPSA) is 53.2 Å². The van der Waals surface area contributed by atoms with Gasteiger partial charge in [-0.3, -0.25) is 0 Å². The summed E-state index contributed by atoms with van der Waals surface area (Å²) in [5, 5.41) is 8.63. The average molecular weight is 235 g/mol. The Kier molecular flexibility index (Phi) is 4.82. The third-order valence-corrected chi connectivity index (χ3v) is 2.76. The molecular weight excluding hydrogens is 214 g/mol. The van der Waals surface area contributed by atoms with Crippen molar-refractivity contribution in [2.45, 2.75) is 26.8 Å². The Labute approximate surface area is 103 Å². The summed E-state index contributed by atoms with van der Waals surface area (Å²) in [4.78, 5) is 11.1. The van der Waals surface area contributed by atoms with Gasteiger partial charge in [0, 0.05) is 24.5 Å². The number of benzene rings is 1. The summed E-state index contributed by atoms with van der Waals surface area (Å²) >= 11 is 0. The Morgan fingerprint density at radius 2 is 1.59 bits per heavy atom. The van der Waals surface area contributed by atoms with Crippen molar-refractivity contribution in [1.29, 1.82) is 0 Å². The highest BCUT2D eigenvalue weighted by Crippen LogP contribution is 2.16. The zero-order valence-electron chi connectivity index (χ0n) is 10.9. The number of nitrogens with one attached hydrogen (secondary N) is 3. The molecule has 2 amide bonds. The number of rotatable bonds is 4. The standard InChI is InChI=1S/C13H21N3O/c1-9(2)10(3)15-11-5-7-12(8-6-11)16-13(17)14-4/h5-10,15H,1-4H3,(H2,14,16,17). The molecule has 0 radical (unpaired) electrons. The normalized spacial score (nSPS) is 12.1. The van der Waals surface area contributed by atoms with E-state index in [0.717, 1.165) is 11.4 Å². The maximum Gasteiger partial charge on any atom is 0.318 e. The summed E-state index contributed by atoms with van der Waals surface area (Å²) in [6.07, 6.45) is 0. The van der Waals surface area contributed by atoms with Crippen molar-refractivity contribution in [3.05, 3.63) is 24.3 Å². The Balaban J connectivity index is 2.59. The van der Waals surface area contributed by atoms with Gasteiger partial charge in [0.25, 0.3) is 0 Å². The van der Waals surface area contributed by atoms with E-state index in [-0.39, 0.29) is 6.03 Å². The van der Waals surface area contributed by atoms with Gasteiger partial charge in [-0.15, -0.1) is 0 Å². The van der Waals surface area contributed by atoms with Gasteiger partial charge in [-0.05, 0) is 37.1 Å². The molecule has 0 bridgehead atoms. The molecule has 0 saturated carbocycles. The van der Waals surface area contributed by atoms with Crippen molar-refractivity contribution in [3.63, 3.8) is 0 Å². The van der Waals surface area contributed by atoms with Crippen LogP contribution in [0.15, 0.2) is 24.3 Å². The van der Waals surface area contributed by atoms with Gasteiger partial charge in [0.1, 0.15) is 0 Å². The van der Waals surface area contributed by atoms with Crippen LogP contribution in [0.25, 0.3) is 0 Å². The fourth-order valence-electron chi connectivity index (χ4n) is 1.27. The molecule has 0 spiro atoms. The zero-order chi connectivity index (χ0) is 12.8. The molecular formula is C13H21N3O. The SMILES string of the molecule is CNC(=O)Nc1ccc(NC(C)C(C)C)cc1. The number of anilines is 2. The minimum absolute atomic E-state index is 0.207. The predicted molar refractivity (Wildman–Crippen MR) is 72.4 cm³/mol. The molecule has 0 aromatic heterocycles. The fourth-order valence-corrected chi connectivity index (χ4v) is 1.27. The van der Waals surface area contributed by atoms with Gasteiger partial charge < -0.3 is 16.0 Å². The van der Waals surface area contributed by atoms with Crippen LogP contribution < -0.4 is 16.0 Å². The molecule has 1 unspecified atom stereocenters. The molecule has 3 N–H and O–H groups in total. The Morgan fingerprint density at radius 3 is 2.06 bits per heavy atom. The van der Waals surface area contributed by atoms with Gasteiger partial charge in [-0.2, -0.15) is 0 Å². The molecule has 1 atom stereocenters. The van der Waals surface area contributed by atoms with Crippen molar-refractivity contribution in [2.24, 2.45) is 5.92 Å². The van der Waals surface area contributed by atoms with E-state index < -0.39 is 0 Å². The largest absolute Gasteiger partial charge is 0.382 e. The van der Waals surface area contributed by atoms with Crippen LogP contribution in [-0.4, -0.2) is 19.1 Å². The molecule has 17 heavy (non-hydrogen) atoms. The van der Waals surface area contributed by atoms with Gasteiger partial charge in [0.15, 0.2) is 0 Å². The van der Waals surface area contributed by atoms with E-state index in [1.54, 1.807) is 7.05 Å². The lowest BCUT2D eigenvalue weighted by molar-refractivity contribution is 0.254. The molecule has 94 valence electrons. The molecule has 1 aromatic rings. The smallest absolute Gasteiger partial charge is 0.318 e. The van der Waals surface area contributed by atoms with E-state index in [4.69, 9.17) is 0 Å². The Bertz CT molecular complexity index is 359. The maximum atomic E-state index is 11.1. The first-order valence-electron chi connectivity index (χ1n) is 5.88. The number of urea groups is 1. The van der Waals surface area contributed by atoms with E-state index in [2.05, 4.69) is 36.7 Å². The summed E-state index contributed by atoms with van der Waals surface area (Å²) in [7, 11) is 1.59. The Morgan fingerprint density at radius 1 is 1.06 bits per heavy atom. The van der Waals surface area contributed by atoms with Crippen LogP contribution in [0, 0.1) is 5.92 Å². The van der Waals surface area contributed by atoms with Crippen molar-refractivity contribution in [1.82, 2.24) is 5.32 Å². The maximum absolute atomic E-state index is 11.1. The van der Waals surface area contributed by atoms with Crippen LogP contribution in [0.1, 0.15) is 20.8 Å². The van der Waals surface area contributed by atoms with Gasteiger partial charge in [0.2, 0.25) is 0 Å². The zero-order valence-corrected chi connectivity index (χ0v) is 10.9. The van der Waals surface area contributed by atoms with Crippen LogP contribution in [0.3, 0.4) is 0 Å². The number of carbonyl (C=O) groups is 1. The van der Waals surface area contributed by atoms with E-state index in [1.807, 2.05) is 24.3 Å². The van der Waals surface area contributed by atoms with Gasteiger partial charge in [0.05, 0.1) is 0 Å². The van der Waals surface area contributed by atoms with Crippen molar-refractivity contribution < 1.29 is 4.79 Å². The highest BCUT2D eigenvalue weighted by Gasteiger charge is 2.06. The summed E-state index contributed by atoms with van der Waals surface area (Å²) in [6.45, 7) is 6.51. The summed E-state index contributed by atoms with van der Waals surface area (Å²) in [6, 6.07) is 7.90. The quantitative estimate of drug-likeness (QED) is 0.751. The molecule has 0 aliphatic heterocycles. The number of amides is 2. The monoisotopic (exact) mass is 235 g/mol. The molecule has 1 aromatic carbocycles. The van der Waals surface area contributed by atoms with E-state index >= 15 is 0 Å². The molecule has 4 nitrogen and oxygen atoms in total. The van der Waals surface area contributed by atoms with Crippen molar-refractivity contribution in [3.8, 4) is 0 Å². The molecule has 0 heterocycles. The third-order valence-electron chi connectivity index (χ3n) is 2.76. The summed E-state index contributed by atoms with van der Waals surface area (Å²) in [5.74, 6) is 0.582. The van der Waals surface area contributed by atoms with Crippen molar-refractivity contribution in [2.75, 3.05) is 17.7 Å². The van der Waals surface area contributed by atoms with Crippen LogP contribution in [-0.2, 0) is 0 Å². The second kappa shape index (κ2) is 6.13. The number of hydrogen-bond acceptors (Lipinski definition) is 2. The lowest BCUT2D eigenvalue weighted by Crippen LogP contribution is -2.24. The average Bonchev–Trinajstić information content (AvgIpc) is 2.31. The van der Waals surface area contributed by atoms with Crippen LogP contribution in [0.5, 0.6) is 0 Å². The summed E-state index contributed by atoms with van der Waals surface area (Å²) in [5.41, 5.74) is 1.85. The highest BCUT2D eigenvalue weighted by molar-refractivity contribution is 5.89. The Hall–Kier alpha value is -1.71. The second-order valence-corrected chi connectivity index (χ2v) is 4.46. The van der Waals surface area contributed by atoms with Crippen molar-refractivity contribution >= 4 is 17.4 Å². The molecule has 4 heteroatoms. The van der Waals surface area contributed by atoms with Gasteiger partial charge in [-0.25, -0.2) is 4.79 Å². The van der Waals surface area contributed by atoms with Gasteiger partial charge >= 0.3 is 6.03 Å². The van der Waals surface area contributed by atoms with Crippen LogP contribution in [0.4, 0.5) is 16.2 Å². The molecule has 0 aliphatic rings. The van der Waals surface area contributed by atoms with Crippen LogP contribution in [0.2, 0.25) is 0 Å². The number of hydrogen-bond donors (Lipinski definition) is 3. The predicted octanol–water partition coefficient (Wildman–Crippen LogP) is 2.89. The lowest BCUT2D eigenvalue weighted by Gasteiger charge is -2.19. The lowest BCUT2D eigenvalue weighted by atomic mass is 10.1. The molecule has 0 saturated heterocycles. The van der Waals surface area contributed by atoms with E-state index in [9.17, 15) is 4.79 Å². The fraction of sp³-hybridized carbons (Fsp3) is 0.462. The van der Waals surface area contributed by atoms with Gasteiger partial charge in [-0.1, -0.05) is 13.8 Å². The molecule has 0 aliphatic carbocycles. The first-order chi connectivity index (χ1) is 8.02. The molecule has 1 rings (SSSR count). The third kappa shape index (κ3) is 4.34. The van der Waals surface area contributed by atoms with Crippen LogP contribution >= 0.6 is 0 Å². The number of carbonyl (C=O) groups excluding carboxylic acids is 1. The first-order valence-corrected chi connectivity index (χ1v) is 5.88. The first kappa shape index (κ1) is 13.4. The van der Waals surface area contributed by atoms with E-state index in [1.165, 1.54) is 0 Å². The minimum atomic E-state index is -0.207. The minimum Gasteiger partial charge on any atom is -0.382 e. The second-order valence-electron chi connectivity index (χ2n) is 4.46. The highest BCUT2D eigenvalue weighted by atomic mass is 16.2. The summed E-state index contributed by atoms with van der Waals surface area (Å²) < 4.78 is 0.